The zero-order chi connectivity index (χ0) is 20.3. The van der Waals surface area contributed by atoms with Gasteiger partial charge in [-0.15, -0.1) is 0 Å². The molecule has 7 heteroatoms. The molecule has 6 nitrogen and oxygen atoms in total. The van der Waals surface area contributed by atoms with Gasteiger partial charge in [0.25, 0.3) is 5.56 Å². The van der Waals surface area contributed by atoms with E-state index in [1.54, 1.807) is 6.20 Å². The van der Waals surface area contributed by atoms with Gasteiger partial charge >= 0.3 is 7.12 Å². The number of H-pyrrole nitrogens is 1. The molecule has 4 rings (SSSR count). The first-order chi connectivity index (χ1) is 13.2. The van der Waals surface area contributed by atoms with Crippen molar-refractivity contribution in [2.45, 2.75) is 45.8 Å². The molecule has 0 radical (unpaired) electrons. The molecule has 3 N–H and O–H groups in total. The zero-order valence-corrected chi connectivity index (χ0v) is 16.8. The number of nitrogens with one attached hydrogen (secondary N) is 1. The molecule has 3 aromatic rings. The van der Waals surface area contributed by atoms with Crippen LogP contribution >= 0.6 is 0 Å². The van der Waals surface area contributed by atoms with Crippen LogP contribution in [0.5, 0.6) is 0 Å². The van der Waals surface area contributed by atoms with Crippen LogP contribution in [-0.4, -0.2) is 29.6 Å². The van der Waals surface area contributed by atoms with E-state index in [1.807, 2.05) is 58.9 Å². The summed E-state index contributed by atoms with van der Waals surface area (Å²) in [6, 6.07) is 7.77. The molecule has 0 unspecified atom stereocenters. The number of aryl methyl sites for hydroxylation is 1. The van der Waals surface area contributed by atoms with Crippen molar-refractivity contribution >= 4 is 46.2 Å². The molecule has 1 fully saturated rings. The van der Waals surface area contributed by atoms with E-state index >= 15 is 0 Å². The summed E-state index contributed by atoms with van der Waals surface area (Å²) in [6.07, 6.45) is 2.93. The molecule has 1 saturated heterocycles. The van der Waals surface area contributed by atoms with Gasteiger partial charge in [0.15, 0.2) is 0 Å². The summed E-state index contributed by atoms with van der Waals surface area (Å²) in [4.78, 5) is 19.8. The highest BCUT2D eigenvalue weighted by Crippen LogP contribution is 2.38. The number of rotatable bonds is 2. The second kappa shape index (κ2) is 6.19. The number of aromatic nitrogens is 1. The van der Waals surface area contributed by atoms with E-state index in [0.29, 0.717) is 5.39 Å². The van der Waals surface area contributed by atoms with Gasteiger partial charge in [-0.05, 0) is 62.5 Å². The van der Waals surface area contributed by atoms with Gasteiger partial charge in [-0.25, -0.2) is 4.99 Å². The lowest BCUT2D eigenvalue weighted by molar-refractivity contribution is 0.00578. The first kappa shape index (κ1) is 18.7. The average molecular weight is 377 g/mol. The minimum atomic E-state index is -0.505. The molecule has 28 heavy (non-hydrogen) atoms. The number of benzene rings is 2. The maximum Gasteiger partial charge on any atom is 0.494 e. The van der Waals surface area contributed by atoms with Crippen LogP contribution < -0.4 is 16.8 Å². The molecule has 2 heterocycles. The van der Waals surface area contributed by atoms with Crippen LogP contribution in [0, 0.1) is 6.92 Å². The van der Waals surface area contributed by atoms with Gasteiger partial charge in [0.1, 0.15) is 0 Å². The first-order valence-electron chi connectivity index (χ1n) is 9.34. The van der Waals surface area contributed by atoms with E-state index < -0.39 is 18.3 Å². The Labute approximate surface area is 163 Å². The summed E-state index contributed by atoms with van der Waals surface area (Å²) in [6.45, 7) is 10.0. The van der Waals surface area contributed by atoms with Crippen molar-refractivity contribution in [1.29, 1.82) is 0 Å². The molecule has 0 saturated carbocycles. The Morgan fingerprint density at radius 1 is 1.07 bits per heavy atom. The van der Waals surface area contributed by atoms with Crippen molar-refractivity contribution in [2.75, 3.05) is 0 Å². The lowest BCUT2D eigenvalue weighted by Crippen LogP contribution is -2.41. The van der Waals surface area contributed by atoms with Crippen LogP contribution in [0.25, 0.3) is 21.5 Å². The number of hydrogen-bond donors (Lipinski definition) is 2. The molecule has 0 aliphatic carbocycles. The first-order valence-corrected chi connectivity index (χ1v) is 9.34. The van der Waals surface area contributed by atoms with E-state index in [2.05, 4.69) is 9.98 Å². The minimum Gasteiger partial charge on any atom is -0.399 e. The molecule has 1 aromatic heterocycles. The molecule has 0 spiro atoms. The Morgan fingerprint density at radius 2 is 1.75 bits per heavy atom. The number of hydrogen-bond acceptors (Lipinski definition) is 4. The van der Waals surface area contributed by atoms with Crippen molar-refractivity contribution in [3.8, 4) is 0 Å². The molecule has 1 aliphatic rings. The normalized spacial score (nSPS) is 18.5. The Balaban J connectivity index is 2.01. The van der Waals surface area contributed by atoms with Gasteiger partial charge in [0, 0.05) is 11.6 Å². The third kappa shape index (κ3) is 2.65. The lowest BCUT2D eigenvalue weighted by atomic mass is 9.77. The van der Waals surface area contributed by atoms with Crippen molar-refractivity contribution in [2.24, 2.45) is 10.7 Å². The topological polar surface area (TPSA) is 89.7 Å². The number of aromatic amines is 1. The van der Waals surface area contributed by atoms with Crippen molar-refractivity contribution in [3.05, 3.63) is 46.4 Å². The minimum absolute atomic E-state index is 0.139. The fraction of sp³-hybridized carbons (Fsp3) is 0.333. The highest BCUT2D eigenvalue weighted by molar-refractivity contribution is 6.62. The Kier molecular flexibility index (Phi) is 4.14. The summed E-state index contributed by atoms with van der Waals surface area (Å²) in [5.41, 5.74) is 7.11. The van der Waals surface area contributed by atoms with Gasteiger partial charge < -0.3 is 20.0 Å². The Morgan fingerprint density at radius 3 is 2.39 bits per heavy atom. The summed E-state index contributed by atoms with van der Waals surface area (Å²) in [5.74, 6) is 0. The van der Waals surface area contributed by atoms with Crippen LogP contribution in [0.4, 0.5) is 5.69 Å². The predicted octanol–water partition coefficient (Wildman–Crippen LogP) is 2.91. The predicted molar refractivity (Wildman–Crippen MR) is 115 cm³/mol. The van der Waals surface area contributed by atoms with Gasteiger partial charge in [0.2, 0.25) is 0 Å². The highest BCUT2D eigenvalue weighted by Gasteiger charge is 2.51. The molecular weight excluding hydrogens is 353 g/mol. The molecule has 2 aromatic carbocycles. The van der Waals surface area contributed by atoms with E-state index in [1.165, 1.54) is 6.34 Å². The van der Waals surface area contributed by atoms with Crippen LogP contribution in [-0.2, 0) is 9.31 Å². The Bertz CT molecular complexity index is 1160. The number of pyridine rings is 1. The van der Waals surface area contributed by atoms with Gasteiger partial charge in [-0.3, -0.25) is 4.79 Å². The van der Waals surface area contributed by atoms with Crippen LogP contribution in [0.1, 0.15) is 33.3 Å². The van der Waals surface area contributed by atoms with Gasteiger partial charge in [0.05, 0.1) is 28.6 Å². The summed E-state index contributed by atoms with van der Waals surface area (Å²) in [5, 5.41) is 3.14. The van der Waals surface area contributed by atoms with Gasteiger partial charge in [-0.1, -0.05) is 18.2 Å². The molecule has 144 valence electrons. The highest BCUT2D eigenvalue weighted by atomic mass is 16.7. The van der Waals surface area contributed by atoms with Crippen LogP contribution in [0.2, 0.25) is 0 Å². The summed E-state index contributed by atoms with van der Waals surface area (Å²) >= 11 is 0. The Hall–Kier alpha value is -2.64. The molecular formula is C21H24BN3O3. The van der Waals surface area contributed by atoms with Crippen LogP contribution in [0.15, 0.2) is 40.2 Å². The average Bonchev–Trinajstić information content (AvgIpc) is 2.85. The smallest absolute Gasteiger partial charge is 0.399 e. The number of aliphatic imine (C=N–C) groups is 1. The van der Waals surface area contributed by atoms with E-state index in [-0.39, 0.29) is 5.56 Å². The number of nitrogens with zero attached hydrogens (tertiary/aromatic N) is 1. The number of fused-ring (bicyclic) bond motifs is 3. The molecule has 0 atom stereocenters. The monoisotopic (exact) mass is 377 g/mol. The molecule has 1 aliphatic heterocycles. The molecule has 0 bridgehead atoms. The summed E-state index contributed by atoms with van der Waals surface area (Å²) in [7, 11) is -0.505. The summed E-state index contributed by atoms with van der Waals surface area (Å²) < 4.78 is 12.4. The largest absolute Gasteiger partial charge is 0.494 e. The van der Waals surface area contributed by atoms with Crippen molar-refractivity contribution < 1.29 is 9.31 Å². The fourth-order valence-corrected chi connectivity index (χ4v) is 3.73. The second-order valence-corrected chi connectivity index (χ2v) is 8.24. The van der Waals surface area contributed by atoms with E-state index in [9.17, 15) is 4.79 Å². The third-order valence-electron chi connectivity index (χ3n) is 6.02. The van der Waals surface area contributed by atoms with E-state index in [4.69, 9.17) is 15.0 Å². The maximum absolute atomic E-state index is 12.7. The standard InChI is InChI=1S/C21H24BN3O3/c1-12-14-8-9-24-19(26)17(14)16-10-13(6-7-15(16)18(12)25-11-23)22-27-20(2,3)21(4,5)28-22/h6-11H,1-5H3,(H2,23,25)(H,24,26). The lowest BCUT2D eigenvalue weighted by Gasteiger charge is -2.32. The zero-order valence-electron chi connectivity index (χ0n) is 16.8. The quantitative estimate of drug-likeness (QED) is 0.311. The van der Waals surface area contributed by atoms with Crippen molar-refractivity contribution in [3.63, 3.8) is 0 Å². The second-order valence-electron chi connectivity index (χ2n) is 8.24. The number of nitrogens with two attached hydrogens (primary N) is 1. The third-order valence-corrected chi connectivity index (χ3v) is 6.02. The molecule has 0 amide bonds. The van der Waals surface area contributed by atoms with Gasteiger partial charge in [-0.2, -0.15) is 0 Å². The fourth-order valence-electron chi connectivity index (χ4n) is 3.73. The van der Waals surface area contributed by atoms with Crippen molar-refractivity contribution in [1.82, 2.24) is 4.98 Å². The maximum atomic E-state index is 12.7. The van der Waals surface area contributed by atoms with Crippen LogP contribution in [0.3, 0.4) is 0 Å². The van der Waals surface area contributed by atoms with E-state index in [0.717, 1.165) is 32.9 Å². The SMILES string of the molecule is Cc1c(N=CN)c2ccc(B3OC(C)(C)C(C)(C)O3)cc2c2c(=O)[nH]ccc12.